The minimum absolute atomic E-state index is 0.564. The fraction of sp³-hybridized carbons (Fsp3) is 0.200. The molecule has 0 aromatic heterocycles. The first kappa shape index (κ1) is 11.9. The minimum Gasteiger partial charge on any atom is -0.220 e. The van der Waals surface area contributed by atoms with Gasteiger partial charge in [0.15, 0.2) is 9.84 Å². The second-order valence-electron chi connectivity index (χ2n) is 2.38. The molecule has 0 aliphatic heterocycles. The molecular weight excluding hydrogens is 184 g/mol. The molecule has 0 rings (SSSR count). The summed E-state index contributed by atoms with van der Waals surface area (Å²) >= 11 is 0. The van der Waals surface area contributed by atoms with Crippen LogP contribution in [0.1, 0.15) is 12.8 Å². The van der Waals surface area contributed by atoms with Crippen molar-refractivity contribution in [3.63, 3.8) is 0 Å². The summed E-state index contributed by atoms with van der Waals surface area (Å²) in [5.41, 5.74) is 0. The molecule has 72 valence electrons. The first-order valence-corrected chi connectivity index (χ1v) is 5.53. The van der Waals surface area contributed by atoms with Crippen molar-refractivity contribution in [1.82, 2.24) is 0 Å². The molecule has 3 heteroatoms. The highest BCUT2D eigenvalue weighted by molar-refractivity contribution is 7.97. The number of hydrogen-bond acceptors (Lipinski definition) is 2. The summed E-state index contributed by atoms with van der Waals surface area (Å²) in [4.78, 5) is 0. The van der Waals surface area contributed by atoms with Crippen LogP contribution < -0.4 is 0 Å². The zero-order valence-electron chi connectivity index (χ0n) is 7.52. The van der Waals surface area contributed by atoms with Crippen LogP contribution in [0.15, 0.2) is 48.3 Å². The van der Waals surface area contributed by atoms with Gasteiger partial charge >= 0.3 is 0 Å². The van der Waals surface area contributed by atoms with Crippen LogP contribution in [-0.4, -0.2) is 8.42 Å². The van der Waals surface area contributed by atoms with E-state index in [1.807, 2.05) is 0 Å². The van der Waals surface area contributed by atoms with E-state index in [0.717, 1.165) is 0 Å². The van der Waals surface area contributed by atoms with E-state index < -0.39 is 9.84 Å². The smallest absolute Gasteiger partial charge is 0.192 e. The van der Waals surface area contributed by atoms with Gasteiger partial charge in [-0.2, -0.15) is 0 Å². The van der Waals surface area contributed by atoms with E-state index in [9.17, 15) is 8.42 Å². The highest BCUT2D eigenvalue weighted by Gasteiger charge is 1.96. The van der Waals surface area contributed by atoms with Gasteiger partial charge in [-0.05, 0) is 12.8 Å². The lowest BCUT2D eigenvalue weighted by Crippen LogP contribution is -1.87. The van der Waals surface area contributed by atoms with Crippen LogP contribution in [0.5, 0.6) is 0 Å². The first-order chi connectivity index (χ1) is 6.12. The van der Waals surface area contributed by atoms with E-state index in [0.29, 0.717) is 12.8 Å². The summed E-state index contributed by atoms with van der Waals surface area (Å²) < 4.78 is 22.3. The number of hydrogen-bond donors (Lipinski definition) is 0. The van der Waals surface area contributed by atoms with Gasteiger partial charge in [-0.25, -0.2) is 8.42 Å². The van der Waals surface area contributed by atoms with E-state index in [2.05, 4.69) is 13.2 Å². The maximum Gasteiger partial charge on any atom is 0.192 e. The lowest BCUT2D eigenvalue weighted by Gasteiger charge is -1.87. The van der Waals surface area contributed by atoms with Gasteiger partial charge in [0.25, 0.3) is 0 Å². The molecule has 0 radical (unpaired) electrons. The van der Waals surface area contributed by atoms with Crippen LogP contribution in [0, 0.1) is 0 Å². The molecule has 0 aliphatic rings. The quantitative estimate of drug-likeness (QED) is 0.615. The standard InChI is InChI=1S/C10H14O2S/c1-3-5-7-9-13(11,12)10-8-6-4-2/h3-4,7-10H,1-2,5-6H2. The average Bonchev–Trinajstić information content (AvgIpc) is 2.05. The zero-order valence-corrected chi connectivity index (χ0v) is 8.33. The molecule has 0 saturated carbocycles. The van der Waals surface area contributed by atoms with Crippen LogP contribution in [-0.2, 0) is 9.84 Å². The van der Waals surface area contributed by atoms with Crippen LogP contribution in [0.25, 0.3) is 0 Å². The Hall–Kier alpha value is -1.09. The fourth-order valence-corrected chi connectivity index (χ4v) is 1.47. The van der Waals surface area contributed by atoms with Crippen molar-refractivity contribution >= 4 is 9.84 Å². The summed E-state index contributed by atoms with van der Waals surface area (Å²) in [6.45, 7) is 6.96. The number of allylic oxidation sites excluding steroid dienone is 4. The summed E-state index contributed by atoms with van der Waals surface area (Å²) in [7, 11) is -3.18. The maximum absolute atomic E-state index is 11.1. The van der Waals surface area contributed by atoms with Crippen LogP contribution in [0.2, 0.25) is 0 Å². The van der Waals surface area contributed by atoms with Crippen molar-refractivity contribution in [1.29, 1.82) is 0 Å². The Morgan fingerprint density at radius 2 is 1.31 bits per heavy atom. The number of rotatable bonds is 6. The lowest BCUT2D eigenvalue weighted by molar-refractivity contribution is 0.612. The molecule has 2 nitrogen and oxygen atoms in total. The largest absolute Gasteiger partial charge is 0.220 e. The predicted molar refractivity (Wildman–Crippen MR) is 56.8 cm³/mol. The molecule has 0 aromatic carbocycles. The van der Waals surface area contributed by atoms with Crippen molar-refractivity contribution in [3.05, 3.63) is 48.3 Å². The molecule has 0 spiro atoms. The van der Waals surface area contributed by atoms with Crippen molar-refractivity contribution in [2.24, 2.45) is 0 Å². The summed E-state index contributed by atoms with van der Waals surface area (Å²) in [5, 5.41) is 2.35. The molecule has 0 heterocycles. The van der Waals surface area contributed by atoms with Gasteiger partial charge in [0.05, 0.1) is 0 Å². The second kappa shape index (κ2) is 6.43. The molecule has 0 unspecified atom stereocenters. The van der Waals surface area contributed by atoms with E-state index >= 15 is 0 Å². The summed E-state index contributed by atoms with van der Waals surface area (Å²) in [6.07, 6.45) is 7.52. The Morgan fingerprint density at radius 3 is 1.62 bits per heavy atom. The third kappa shape index (κ3) is 7.28. The Bertz CT molecular complexity index is 282. The monoisotopic (exact) mass is 198 g/mol. The van der Waals surface area contributed by atoms with Gasteiger partial charge in [0.2, 0.25) is 0 Å². The molecule has 0 bridgehead atoms. The molecule has 13 heavy (non-hydrogen) atoms. The summed E-state index contributed by atoms with van der Waals surface area (Å²) in [5.74, 6) is 0. The van der Waals surface area contributed by atoms with Crippen molar-refractivity contribution < 1.29 is 8.42 Å². The van der Waals surface area contributed by atoms with Gasteiger partial charge in [-0.15, -0.1) is 13.2 Å². The highest BCUT2D eigenvalue weighted by atomic mass is 32.2. The fourth-order valence-electron chi connectivity index (χ4n) is 0.617. The van der Waals surface area contributed by atoms with Gasteiger partial charge in [-0.1, -0.05) is 24.3 Å². The normalized spacial score (nSPS) is 12.3. The first-order valence-electron chi connectivity index (χ1n) is 3.92. The van der Waals surface area contributed by atoms with Gasteiger partial charge in [0.1, 0.15) is 0 Å². The van der Waals surface area contributed by atoms with Crippen molar-refractivity contribution in [2.75, 3.05) is 0 Å². The van der Waals surface area contributed by atoms with Crippen molar-refractivity contribution in [3.8, 4) is 0 Å². The SMILES string of the molecule is C=CCC=CS(=O)(=O)C=CCC=C. The zero-order chi connectivity index (χ0) is 10.2. The molecule has 0 saturated heterocycles. The van der Waals surface area contributed by atoms with E-state index in [1.54, 1.807) is 24.3 Å². The molecule has 0 amide bonds. The second-order valence-corrected chi connectivity index (χ2v) is 4.10. The molecule has 0 aliphatic carbocycles. The van der Waals surface area contributed by atoms with Crippen LogP contribution in [0.3, 0.4) is 0 Å². The third-order valence-corrected chi connectivity index (χ3v) is 2.32. The topological polar surface area (TPSA) is 34.1 Å². The molecule has 0 N–H and O–H groups in total. The van der Waals surface area contributed by atoms with Crippen LogP contribution >= 0.6 is 0 Å². The van der Waals surface area contributed by atoms with Gasteiger partial charge in [-0.3, -0.25) is 0 Å². The van der Waals surface area contributed by atoms with Gasteiger partial charge in [0, 0.05) is 10.8 Å². The minimum atomic E-state index is -3.18. The molecule has 0 atom stereocenters. The Morgan fingerprint density at radius 1 is 0.923 bits per heavy atom. The van der Waals surface area contributed by atoms with E-state index in [4.69, 9.17) is 0 Å². The predicted octanol–water partition coefficient (Wildman–Crippen LogP) is 2.58. The average molecular weight is 198 g/mol. The van der Waals surface area contributed by atoms with E-state index in [1.165, 1.54) is 10.8 Å². The molecular formula is C10H14O2S. The lowest BCUT2D eigenvalue weighted by atomic mass is 10.4. The number of sulfone groups is 1. The van der Waals surface area contributed by atoms with Crippen LogP contribution in [0.4, 0.5) is 0 Å². The van der Waals surface area contributed by atoms with Gasteiger partial charge < -0.3 is 0 Å². The van der Waals surface area contributed by atoms with Crippen molar-refractivity contribution in [2.45, 2.75) is 12.8 Å². The molecule has 0 fully saturated rings. The highest BCUT2D eigenvalue weighted by Crippen LogP contribution is 1.98. The Balaban J connectivity index is 4.24. The summed E-state index contributed by atoms with van der Waals surface area (Å²) in [6, 6.07) is 0. The Kier molecular flexibility index (Phi) is 5.89. The third-order valence-electron chi connectivity index (χ3n) is 1.18. The maximum atomic E-state index is 11.1. The van der Waals surface area contributed by atoms with E-state index in [-0.39, 0.29) is 0 Å². The molecule has 0 aromatic rings. The Labute approximate surface area is 79.9 Å².